The lowest BCUT2D eigenvalue weighted by molar-refractivity contribution is -0.116. The number of carbonyl (C=O) groups excluding carboxylic acids is 1. The Balaban J connectivity index is 1.69. The van der Waals surface area contributed by atoms with Crippen LogP contribution in [0.25, 0.3) is 0 Å². The Labute approximate surface area is 168 Å². The second-order valence-corrected chi connectivity index (χ2v) is 9.04. The van der Waals surface area contributed by atoms with Crippen LogP contribution in [0.5, 0.6) is 0 Å². The number of aromatic nitrogens is 2. The molecule has 1 saturated heterocycles. The third kappa shape index (κ3) is 4.21. The molecule has 2 heterocycles. The van der Waals surface area contributed by atoms with E-state index in [4.69, 9.17) is 11.6 Å². The number of hydrogen-bond acceptors (Lipinski definition) is 4. The van der Waals surface area contributed by atoms with Crippen LogP contribution in [0.2, 0.25) is 5.02 Å². The lowest BCUT2D eigenvalue weighted by atomic mass is 10.3. The van der Waals surface area contributed by atoms with E-state index in [0.29, 0.717) is 30.2 Å². The summed E-state index contributed by atoms with van der Waals surface area (Å²) < 4.78 is 42.0. The van der Waals surface area contributed by atoms with Crippen molar-refractivity contribution in [3.8, 4) is 0 Å². The first-order valence-corrected chi connectivity index (χ1v) is 10.8. The van der Waals surface area contributed by atoms with Gasteiger partial charge in [-0.05, 0) is 44.9 Å². The van der Waals surface area contributed by atoms with Crippen LogP contribution in [0.1, 0.15) is 30.7 Å². The molecule has 0 radical (unpaired) electrons. The van der Waals surface area contributed by atoms with Gasteiger partial charge >= 0.3 is 0 Å². The fourth-order valence-electron chi connectivity index (χ4n) is 3.33. The molecule has 1 N–H and O–H groups in total. The summed E-state index contributed by atoms with van der Waals surface area (Å²) in [6, 6.07) is 3.93. The first-order chi connectivity index (χ1) is 13.2. The van der Waals surface area contributed by atoms with Crippen molar-refractivity contribution < 1.29 is 17.6 Å². The Morgan fingerprint density at radius 1 is 1.29 bits per heavy atom. The predicted octanol–water partition coefficient (Wildman–Crippen LogP) is 3.11. The maximum Gasteiger partial charge on any atom is 0.246 e. The molecule has 1 amide bonds. The van der Waals surface area contributed by atoms with Crippen molar-refractivity contribution in [1.29, 1.82) is 0 Å². The number of benzene rings is 1. The van der Waals surface area contributed by atoms with Crippen LogP contribution in [-0.2, 0) is 21.4 Å². The largest absolute Gasteiger partial charge is 0.326 e. The first kappa shape index (κ1) is 20.8. The topological polar surface area (TPSA) is 84.3 Å². The van der Waals surface area contributed by atoms with Gasteiger partial charge in [0.25, 0.3) is 0 Å². The van der Waals surface area contributed by atoms with Crippen LogP contribution in [0, 0.1) is 19.7 Å². The molecule has 0 unspecified atom stereocenters. The molecule has 1 aromatic carbocycles. The Morgan fingerprint density at radius 3 is 2.61 bits per heavy atom. The van der Waals surface area contributed by atoms with Gasteiger partial charge in [0.05, 0.1) is 23.0 Å². The summed E-state index contributed by atoms with van der Waals surface area (Å²) in [5.41, 5.74) is 1.33. The third-order valence-electron chi connectivity index (χ3n) is 4.73. The van der Waals surface area contributed by atoms with E-state index in [2.05, 4.69) is 10.4 Å². The molecule has 1 aliphatic heterocycles. The zero-order chi connectivity index (χ0) is 20.5. The van der Waals surface area contributed by atoms with Crippen molar-refractivity contribution in [2.24, 2.45) is 0 Å². The van der Waals surface area contributed by atoms with Crippen LogP contribution in [0.4, 0.5) is 10.1 Å². The molecule has 1 aromatic heterocycles. The number of sulfonamides is 1. The van der Waals surface area contributed by atoms with Gasteiger partial charge < -0.3 is 5.32 Å². The number of nitrogens with one attached hydrogen (secondary N) is 1. The highest BCUT2D eigenvalue weighted by molar-refractivity contribution is 7.89. The summed E-state index contributed by atoms with van der Waals surface area (Å²) >= 11 is 5.71. The van der Waals surface area contributed by atoms with Crippen LogP contribution in [-0.4, -0.2) is 41.5 Å². The summed E-state index contributed by atoms with van der Waals surface area (Å²) in [5, 5.41) is 6.88. The standard InChI is InChI=1S/C18H22ClFN4O3S/c1-12-18(28(26,27)23-8-3-4-9-23)13(2)24(22-12)10-7-17(25)21-14-5-6-16(20)15(19)11-14/h5-6,11H,3-4,7-10H2,1-2H3,(H,21,25). The van der Waals surface area contributed by atoms with Crippen molar-refractivity contribution in [3.05, 3.63) is 40.4 Å². The molecule has 10 heteroatoms. The van der Waals surface area contributed by atoms with Gasteiger partial charge in [0.15, 0.2) is 0 Å². The third-order valence-corrected chi connectivity index (χ3v) is 7.17. The van der Waals surface area contributed by atoms with Gasteiger partial charge in [-0.25, -0.2) is 12.8 Å². The zero-order valence-corrected chi connectivity index (χ0v) is 17.3. The van der Waals surface area contributed by atoms with E-state index in [1.54, 1.807) is 13.8 Å². The molecule has 7 nitrogen and oxygen atoms in total. The second-order valence-electron chi connectivity index (χ2n) is 6.76. The van der Waals surface area contributed by atoms with Crippen LogP contribution >= 0.6 is 11.6 Å². The fourth-order valence-corrected chi connectivity index (χ4v) is 5.40. The number of halogens is 2. The van der Waals surface area contributed by atoms with Crippen molar-refractivity contribution in [1.82, 2.24) is 14.1 Å². The molecule has 0 aliphatic carbocycles. The SMILES string of the molecule is Cc1nn(CCC(=O)Nc2ccc(F)c(Cl)c2)c(C)c1S(=O)(=O)N1CCCC1. The fraction of sp³-hybridized carbons (Fsp3) is 0.444. The Bertz CT molecular complexity index is 1000. The molecule has 0 saturated carbocycles. The molecule has 1 aliphatic rings. The lowest BCUT2D eigenvalue weighted by Crippen LogP contribution is -2.28. The number of nitrogens with zero attached hydrogens (tertiary/aromatic N) is 3. The van der Waals surface area contributed by atoms with Gasteiger partial charge in [0, 0.05) is 25.2 Å². The lowest BCUT2D eigenvalue weighted by Gasteiger charge is -2.15. The van der Waals surface area contributed by atoms with Crippen LogP contribution < -0.4 is 5.32 Å². The molecule has 0 spiro atoms. The van der Waals surface area contributed by atoms with E-state index in [1.807, 2.05) is 0 Å². The highest BCUT2D eigenvalue weighted by Gasteiger charge is 2.32. The van der Waals surface area contributed by atoms with Gasteiger partial charge in [-0.15, -0.1) is 0 Å². The molecule has 1 fully saturated rings. The second kappa shape index (κ2) is 8.18. The predicted molar refractivity (Wildman–Crippen MR) is 104 cm³/mol. The Morgan fingerprint density at radius 2 is 1.96 bits per heavy atom. The summed E-state index contributed by atoms with van der Waals surface area (Å²) in [6.45, 7) is 4.63. The number of aryl methyl sites for hydroxylation is 2. The smallest absolute Gasteiger partial charge is 0.246 e. The zero-order valence-electron chi connectivity index (χ0n) is 15.7. The minimum absolute atomic E-state index is 0.0758. The van der Waals surface area contributed by atoms with Crippen molar-refractivity contribution in [2.45, 2.75) is 44.6 Å². The minimum atomic E-state index is -3.58. The molecule has 0 bridgehead atoms. The molecule has 0 atom stereocenters. The van der Waals surface area contributed by atoms with E-state index < -0.39 is 15.8 Å². The normalized spacial score (nSPS) is 15.1. The van der Waals surface area contributed by atoms with Gasteiger partial charge in [-0.3, -0.25) is 9.48 Å². The minimum Gasteiger partial charge on any atom is -0.326 e. The van der Waals surface area contributed by atoms with E-state index >= 15 is 0 Å². The van der Waals surface area contributed by atoms with E-state index in [9.17, 15) is 17.6 Å². The van der Waals surface area contributed by atoms with Gasteiger partial charge in [0.1, 0.15) is 10.7 Å². The summed E-state index contributed by atoms with van der Waals surface area (Å²) in [7, 11) is -3.58. The molecule has 3 rings (SSSR count). The van der Waals surface area contributed by atoms with E-state index in [0.717, 1.165) is 12.8 Å². The first-order valence-electron chi connectivity index (χ1n) is 8.99. The van der Waals surface area contributed by atoms with Gasteiger partial charge in [0.2, 0.25) is 15.9 Å². The maximum absolute atomic E-state index is 13.2. The number of hydrogen-bond donors (Lipinski definition) is 1. The van der Waals surface area contributed by atoms with Crippen molar-refractivity contribution in [3.63, 3.8) is 0 Å². The average molecular weight is 429 g/mol. The molecular formula is C18H22ClFN4O3S. The van der Waals surface area contributed by atoms with Crippen LogP contribution in [0.15, 0.2) is 23.1 Å². The van der Waals surface area contributed by atoms with Crippen molar-refractivity contribution in [2.75, 3.05) is 18.4 Å². The Kier molecular flexibility index (Phi) is 6.07. The van der Waals surface area contributed by atoms with Gasteiger partial charge in [-0.1, -0.05) is 11.6 Å². The molecule has 152 valence electrons. The Hall–Kier alpha value is -1.97. The number of rotatable bonds is 6. The summed E-state index contributed by atoms with van der Waals surface area (Å²) in [4.78, 5) is 12.4. The van der Waals surface area contributed by atoms with E-state index in [-0.39, 0.29) is 28.8 Å². The van der Waals surface area contributed by atoms with Crippen molar-refractivity contribution >= 4 is 33.2 Å². The highest BCUT2D eigenvalue weighted by Crippen LogP contribution is 2.26. The number of carbonyl (C=O) groups is 1. The number of amides is 1. The quantitative estimate of drug-likeness (QED) is 0.766. The molecule has 28 heavy (non-hydrogen) atoms. The van der Waals surface area contributed by atoms with E-state index in [1.165, 1.54) is 27.2 Å². The maximum atomic E-state index is 13.2. The summed E-state index contributed by atoms with van der Waals surface area (Å²) in [6.07, 6.45) is 1.80. The molecular weight excluding hydrogens is 407 g/mol. The van der Waals surface area contributed by atoms with Crippen LogP contribution in [0.3, 0.4) is 0 Å². The summed E-state index contributed by atoms with van der Waals surface area (Å²) in [5.74, 6) is -0.867. The molecule has 2 aromatic rings. The number of anilines is 1. The van der Waals surface area contributed by atoms with Gasteiger partial charge in [-0.2, -0.15) is 9.40 Å². The average Bonchev–Trinajstić information content (AvgIpc) is 3.25. The monoisotopic (exact) mass is 428 g/mol. The highest BCUT2D eigenvalue weighted by atomic mass is 35.5.